The van der Waals surface area contributed by atoms with E-state index in [0.29, 0.717) is 10.0 Å². The molecular formula is C16H14BrCl2NO. The summed E-state index contributed by atoms with van der Waals surface area (Å²) in [5.41, 5.74) is 2.76. The number of nitrogens with one attached hydrogen (secondary N) is 1. The molecule has 1 N–H and O–H groups in total. The number of aryl methyl sites for hydroxylation is 1. The Bertz CT molecular complexity index is 673. The Hall–Kier alpha value is -1.03. The summed E-state index contributed by atoms with van der Waals surface area (Å²) in [6.45, 7) is 2.05. The molecule has 2 aromatic rings. The smallest absolute Gasteiger partial charge is 0.228 e. The minimum absolute atomic E-state index is 0.0783. The average Bonchev–Trinajstić information content (AvgIpc) is 2.44. The zero-order valence-electron chi connectivity index (χ0n) is 11.4. The van der Waals surface area contributed by atoms with Gasteiger partial charge in [-0.05, 0) is 47.9 Å². The van der Waals surface area contributed by atoms with Crippen LogP contribution in [0.1, 0.15) is 18.1 Å². The van der Waals surface area contributed by atoms with E-state index in [0.717, 1.165) is 27.7 Å². The van der Waals surface area contributed by atoms with Crippen LogP contribution in [0.2, 0.25) is 10.0 Å². The van der Waals surface area contributed by atoms with Crippen LogP contribution in [0, 0.1) is 0 Å². The normalized spacial score (nSPS) is 10.5. The van der Waals surface area contributed by atoms with E-state index < -0.39 is 0 Å². The third-order valence-electron chi connectivity index (χ3n) is 3.07. The van der Waals surface area contributed by atoms with Crippen molar-refractivity contribution in [1.29, 1.82) is 0 Å². The highest BCUT2D eigenvalue weighted by Crippen LogP contribution is 2.24. The lowest BCUT2D eigenvalue weighted by Crippen LogP contribution is -2.15. The van der Waals surface area contributed by atoms with Crippen molar-refractivity contribution in [2.75, 3.05) is 5.32 Å². The second-order valence-electron chi connectivity index (χ2n) is 4.63. The van der Waals surface area contributed by atoms with Gasteiger partial charge in [0.2, 0.25) is 5.91 Å². The average molecular weight is 387 g/mol. The Morgan fingerprint density at radius 1 is 1.14 bits per heavy atom. The van der Waals surface area contributed by atoms with Gasteiger partial charge in [0.15, 0.2) is 0 Å². The first-order valence-electron chi connectivity index (χ1n) is 6.51. The summed E-state index contributed by atoms with van der Waals surface area (Å²) in [5.74, 6) is -0.0783. The highest BCUT2D eigenvalue weighted by Gasteiger charge is 2.09. The molecular weight excluding hydrogens is 373 g/mol. The van der Waals surface area contributed by atoms with E-state index in [4.69, 9.17) is 23.2 Å². The van der Waals surface area contributed by atoms with E-state index in [2.05, 4.69) is 28.2 Å². The SMILES string of the molecule is CCc1cc(Br)ccc1NC(=O)Cc1ccc(Cl)c(Cl)c1. The Kier molecular flexibility index (Phi) is 5.68. The highest BCUT2D eigenvalue weighted by molar-refractivity contribution is 9.10. The molecule has 0 atom stereocenters. The second-order valence-corrected chi connectivity index (χ2v) is 6.36. The number of amides is 1. The predicted octanol–water partition coefficient (Wildman–Crippen LogP) is 5.50. The summed E-state index contributed by atoms with van der Waals surface area (Å²) in [5, 5.41) is 3.88. The molecule has 0 fully saturated rings. The monoisotopic (exact) mass is 385 g/mol. The fourth-order valence-electron chi connectivity index (χ4n) is 2.01. The van der Waals surface area contributed by atoms with Crippen molar-refractivity contribution in [3.63, 3.8) is 0 Å². The largest absolute Gasteiger partial charge is 0.326 e. The molecule has 0 aliphatic rings. The number of carbonyl (C=O) groups excluding carboxylic acids is 1. The fourth-order valence-corrected chi connectivity index (χ4v) is 2.74. The van der Waals surface area contributed by atoms with Gasteiger partial charge < -0.3 is 5.32 Å². The zero-order valence-corrected chi connectivity index (χ0v) is 14.5. The number of carbonyl (C=O) groups is 1. The first kappa shape index (κ1) is 16.3. The van der Waals surface area contributed by atoms with Gasteiger partial charge in [0.05, 0.1) is 16.5 Å². The van der Waals surface area contributed by atoms with E-state index in [1.165, 1.54) is 0 Å². The number of hydrogen-bond acceptors (Lipinski definition) is 1. The van der Waals surface area contributed by atoms with Crippen molar-refractivity contribution in [1.82, 2.24) is 0 Å². The maximum atomic E-state index is 12.1. The maximum Gasteiger partial charge on any atom is 0.228 e. The summed E-state index contributed by atoms with van der Waals surface area (Å²) in [6, 6.07) is 11.0. The van der Waals surface area contributed by atoms with Crippen molar-refractivity contribution in [3.8, 4) is 0 Å². The van der Waals surface area contributed by atoms with Crippen LogP contribution in [0.4, 0.5) is 5.69 Å². The minimum atomic E-state index is -0.0783. The van der Waals surface area contributed by atoms with Gasteiger partial charge in [-0.25, -0.2) is 0 Å². The van der Waals surface area contributed by atoms with Crippen LogP contribution in [-0.4, -0.2) is 5.91 Å². The number of hydrogen-bond donors (Lipinski definition) is 1. The number of anilines is 1. The van der Waals surface area contributed by atoms with Crippen molar-refractivity contribution < 1.29 is 4.79 Å². The molecule has 0 bridgehead atoms. The van der Waals surface area contributed by atoms with Crippen LogP contribution < -0.4 is 5.32 Å². The van der Waals surface area contributed by atoms with Gasteiger partial charge in [0, 0.05) is 10.2 Å². The van der Waals surface area contributed by atoms with Gasteiger partial charge in [0.1, 0.15) is 0 Å². The molecule has 21 heavy (non-hydrogen) atoms. The number of benzene rings is 2. The van der Waals surface area contributed by atoms with Gasteiger partial charge in [0.25, 0.3) is 0 Å². The lowest BCUT2D eigenvalue weighted by Gasteiger charge is -2.11. The predicted molar refractivity (Wildman–Crippen MR) is 92.3 cm³/mol. The van der Waals surface area contributed by atoms with E-state index in [-0.39, 0.29) is 12.3 Å². The van der Waals surface area contributed by atoms with E-state index in [1.54, 1.807) is 18.2 Å². The number of halogens is 3. The summed E-state index contributed by atoms with van der Waals surface area (Å²) in [7, 11) is 0. The first-order valence-corrected chi connectivity index (χ1v) is 8.06. The Balaban J connectivity index is 2.09. The van der Waals surface area contributed by atoms with Crippen LogP contribution in [-0.2, 0) is 17.6 Å². The molecule has 0 aliphatic heterocycles. The quantitative estimate of drug-likeness (QED) is 0.738. The van der Waals surface area contributed by atoms with Crippen molar-refractivity contribution in [3.05, 3.63) is 62.0 Å². The molecule has 0 aromatic heterocycles. The third kappa shape index (κ3) is 4.47. The second kappa shape index (κ2) is 7.30. The van der Waals surface area contributed by atoms with Gasteiger partial charge in [-0.2, -0.15) is 0 Å². The molecule has 0 saturated heterocycles. The molecule has 2 aromatic carbocycles. The first-order chi connectivity index (χ1) is 9.99. The van der Waals surface area contributed by atoms with E-state index >= 15 is 0 Å². The molecule has 0 unspecified atom stereocenters. The van der Waals surface area contributed by atoms with Crippen LogP contribution in [0.25, 0.3) is 0 Å². The molecule has 0 aliphatic carbocycles. The van der Waals surface area contributed by atoms with Gasteiger partial charge in [-0.15, -0.1) is 0 Å². The van der Waals surface area contributed by atoms with E-state index in [9.17, 15) is 4.79 Å². The van der Waals surface area contributed by atoms with Crippen LogP contribution in [0.15, 0.2) is 40.9 Å². The summed E-state index contributed by atoms with van der Waals surface area (Å²) in [4.78, 5) is 12.1. The van der Waals surface area contributed by atoms with Crippen molar-refractivity contribution in [2.45, 2.75) is 19.8 Å². The number of rotatable bonds is 4. The molecule has 0 spiro atoms. The molecule has 5 heteroatoms. The third-order valence-corrected chi connectivity index (χ3v) is 4.30. The lowest BCUT2D eigenvalue weighted by molar-refractivity contribution is -0.115. The maximum absolute atomic E-state index is 12.1. The molecule has 110 valence electrons. The van der Waals surface area contributed by atoms with Gasteiger partial charge in [-0.3, -0.25) is 4.79 Å². The van der Waals surface area contributed by atoms with Crippen molar-refractivity contribution >= 4 is 50.7 Å². The summed E-state index contributed by atoms with van der Waals surface area (Å²) in [6.07, 6.45) is 1.11. The Labute approximate surface area is 142 Å². The summed E-state index contributed by atoms with van der Waals surface area (Å²) < 4.78 is 1.00. The molecule has 2 rings (SSSR count). The van der Waals surface area contributed by atoms with Crippen LogP contribution in [0.5, 0.6) is 0 Å². The Morgan fingerprint density at radius 3 is 2.57 bits per heavy atom. The fraction of sp³-hybridized carbons (Fsp3) is 0.188. The van der Waals surface area contributed by atoms with Gasteiger partial charge >= 0.3 is 0 Å². The van der Waals surface area contributed by atoms with E-state index in [1.807, 2.05) is 18.2 Å². The molecule has 0 radical (unpaired) electrons. The lowest BCUT2D eigenvalue weighted by atomic mass is 10.1. The van der Waals surface area contributed by atoms with Crippen LogP contribution >= 0.6 is 39.1 Å². The molecule has 2 nitrogen and oxygen atoms in total. The minimum Gasteiger partial charge on any atom is -0.326 e. The highest BCUT2D eigenvalue weighted by atomic mass is 79.9. The Morgan fingerprint density at radius 2 is 1.90 bits per heavy atom. The molecule has 0 saturated carbocycles. The standard InChI is InChI=1S/C16H14BrCl2NO/c1-2-11-9-12(17)4-6-15(11)20-16(21)8-10-3-5-13(18)14(19)7-10/h3-7,9H,2,8H2,1H3,(H,20,21). The van der Waals surface area contributed by atoms with Crippen LogP contribution in [0.3, 0.4) is 0 Å². The summed E-state index contributed by atoms with van der Waals surface area (Å²) >= 11 is 15.3. The topological polar surface area (TPSA) is 29.1 Å². The van der Waals surface area contributed by atoms with Crippen molar-refractivity contribution in [2.24, 2.45) is 0 Å². The molecule has 1 amide bonds. The molecule has 0 heterocycles. The zero-order chi connectivity index (χ0) is 15.4. The van der Waals surface area contributed by atoms with Gasteiger partial charge in [-0.1, -0.05) is 52.1 Å².